The fourth-order valence-corrected chi connectivity index (χ4v) is 3.93. The van der Waals surface area contributed by atoms with E-state index in [1.807, 2.05) is 66.7 Å². The largest absolute Gasteiger partial charge is 0.480 e. The van der Waals surface area contributed by atoms with E-state index in [1.165, 1.54) is 6.08 Å². The van der Waals surface area contributed by atoms with Crippen molar-refractivity contribution in [2.24, 2.45) is 0 Å². The van der Waals surface area contributed by atoms with Gasteiger partial charge in [-0.3, -0.25) is 9.59 Å². The Kier molecular flexibility index (Phi) is 8.91. The monoisotopic (exact) mass is 512 g/mol. The molecule has 2 atom stereocenters. The number of fused-ring (bicyclic) bond motifs is 1. The third-order valence-corrected chi connectivity index (χ3v) is 5.86. The van der Waals surface area contributed by atoms with Crippen molar-refractivity contribution in [1.29, 1.82) is 0 Å². The van der Waals surface area contributed by atoms with Gasteiger partial charge in [-0.1, -0.05) is 85.0 Å². The van der Waals surface area contributed by atoms with E-state index < -0.39 is 29.9 Å². The molecule has 0 bridgehead atoms. The van der Waals surface area contributed by atoms with Gasteiger partial charge < -0.3 is 25.2 Å². The van der Waals surface area contributed by atoms with Gasteiger partial charge in [0.05, 0.1) is 0 Å². The average Bonchev–Trinajstić information content (AvgIpc) is 3.39. The van der Waals surface area contributed by atoms with Crippen molar-refractivity contribution in [2.45, 2.75) is 24.9 Å². The van der Waals surface area contributed by atoms with Gasteiger partial charge in [0.15, 0.2) is 11.5 Å². The van der Waals surface area contributed by atoms with Gasteiger partial charge in [-0.2, -0.15) is 0 Å². The summed E-state index contributed by atoms with van der Waals surface area (Å²) in [6.45, 7) is 0.194. The zero-order chi connectivity index (χ0) is 26.7. The minimum atomic E-state index is -1.15. The van der Waals surface area contributed by atoms with E-state index in [0.29, 0.717) is 11.5 Å². The van der Waals surface area contributed by atoms with Gasteiger partial charge in [0.25, 0.3) is 0 Å². The van der Waals surface area contributed by atoms with Gasteiger partial charge in [0.1, 0.15) is 12.1 Å². The molecular formula is C30H28N2O6. The molecule has 8 heteroatoms. The molecule has 38 heavy (non-hydrogen) atoms. The Balaban J connectivity index is 1.41. The minimum Gasteiger partial charge on any atom is -0.480 e. The van der Waals surface area contributed by atoms with Crippen LogP contribution >= 0.6 is 0 Å². The molecule has 3 aromatic carbocycles. The quantitative estimate of drug-likeness (QED) is 0.268. The smallest absolute Gasteiger partial charge is 0.326 e. The molecule has 194 valence electrons. The van der Waals surface area contributed by atoms with E-state index in [2.05, 4.69) is 10.6 Å². The maximum absolute atomic E-state index is 13.1. The summed E-state index contributed by atoms with van der Waals surface area (Å²) in [5.41, 5.74) is 2.48. The molecule has 1 heterocycles. The molecule has 0 saturated carbocycles. The summed E-state index contributed by atoms with van der Waals surface area (Å²) in [5.74, 6) is -0.856. The van der Waals surface area contributed by atoms with Crippen molar-refractivity contribution < 1.29 is 29.0 Å². The highest BCUT2D eigenvalue weighted by Gasteiger charge is 2.26. The van der Waals surface area contributed by atoms with E-state index in [4.69, 9.17) is 9.47 Å². The molecule has 0 aliphatic carbocycles. The topological polar surface area (TPSA) is 114 Å². The summed E-state index contributed by atoms with van der Waals surface area (Å²) < 4.78 is 10.7. The minimum absolute atomic E-state index is 0.123. The Morgan fingerprint density at radius 2 is 1.42 bits per heavy atom. The van der Waals surface area contributed by atoms with Crippen LogP contribution in [0.3, 0.4) is 0 Å². The lowest BCUT2D eigenvalue weighted by Crippen LogP contribution is -2.52. The van der Waals surface area contributed by atoms with Crippen molar-refractivity contribution >= 4 is 23.9 Å². The van der Waals surface area contributed by atoms with Gasteiger partial charge in [0.2, 0.25) is 18.6 Å². The first-order valence-corrected chi connectivity index (χ1v) is 12.1. The molecular weight excluding hydrogens is 484 g/mol. The number of carbonyl (C=O) groups is 3. The van der Waals surface area contributed by atoms with E-state index in [0.717, 1.165) is 16.7 Å². The molecule has 0 aromatic heterocycles. The fourth-order valence-electron chi connectivity index (χ4n) is 3.93. The van der Waals surface area contributed by atoms with Crippen LogP contribution in [0.25, 0.3) is 6.08 Å². The Bertz CT molecular complexity index is 1320. The molecule has 0 radical (unpaired) electrons. The predicted molar refractivity (Wildman–Crippen MR) is 143 cm³/mol. The van der Waals surface area contributed by atoms with Crippen LogP contribution in [0.4, 0.5) is 0 Å². The number of hydrogen-bond acceptors (Lipinski definition) is 5. The number of amides is 2. The summed E-state index contributed by atoms with van der Waals surface area (Å²) in [7, 11) is 0. The molecule has 0 spiro atoms. The molecule has 0 fully saturated rings. The first-order chi connectivity index (χ1) is 18.5. The second-order valence-corrected chi connectivity index (χ2v) is 8.67. The Labute approximate surface area is 220 Å². The lowest BCUT2D eigenvalue weighted by Gasteiger charge is -2.21. The van der Waals surface area contributed by atoms with Crippen LogP contribution in [0.1, 0.15) is 16.7 Å². The highest BCUT2D eigenvalue weighted by atomic mass is 16.7. The van der Waals surface area contributed by atoms with E-state index >= 15 is 0 Å². The predicted octanol–water partition coefficient (Wildman–Crippen LogP) is 3.52. The second-order valence-electron chi connectivity index (χ2n) is 8.67. The SMILES string of the molecule is O=C(/C=C/C=C/c1ccc2c(c1)OCO2)N[C@@H](Cc1ccccc1)C(=O)N[C@H](Cc1ccccc1)C(=O)O. The third-order valence-electron chi connectivity index (χ3n) is 5.86. The standard InChI is InChI=1S/C30H28N2O6/c33-28(14-8-7-13-23-15-16-26-27(19-23)38-20-37-26)31-24(17-21-9-3-1-4-10-21)29(34)32-25(30(35)36)18-22-11-5-2-6-12-22/h1-16,19,24-25H,17-18,20H2,(H,31,33)(H,32,34)(H,35,36)/b13-7+,14-8+/t24-,25+/m0/s1. The van der Waals surface area contributed by atoms with Gasteiger partial charge in [0, 0.05) is 18.9 Å². The van der Waals surface area contributed by atoms with Gasteiger partial charge in [-0.05, 0) is 28.8 Å². The summed E-state index contributed by atoms with van der Waals surface area (Å²) in [5, 5.41) is 15.0. The third kappa shape index (κ3) is 7.57. The Hall–Kier alpha value is -4.85. The van der Waals surface area contributed by atoms with Crippen molar-refractivity contribution in [1.82, 2.24) is 10.6 Å². The number of carbonyl (C=O) groups excluding carboxylic acids is 2. The van der Waals surface area contributed by atoms with Gasteiger partial charge in [-0.15, -0.1) is 0 Å². The molecule has 3 N–H and O–H groups in total. The Morgan fingerprint density at radius 3 is 2.08 bits per heavy atom. The van der Waals surface area contributed by atoms with Crippen LogP contribution in [-0.2, 0) is 27.2 Å². The van der Waals surface area contributed by atoms with Crippen LogP contribution in [0.5, 0.6) is 11.5 Å². The van der Waals surface area contributed by atoms with Crippen LogP contribution in [-0.4, -0.2) is 41.8 Å². The summed E-state index contributed by atoms with van der Waals surface area (Å²) in [6.07, 6.45) is 6.71. The van der Waals surface area contributed by atoms with E-state index in [-0.39, 0.29) is 19.6 Å². The normalized spacial score (nSPS) is 13.8. The highest BCUT2D eigenvalue weighted by molar-refractivity contribution is 5.94. The molecule has 2 amide bonds. The number of benzene rings is 3. The average molecular weight is 513 g/mol. The molecule has 4 rings (SSSR count). The van der Waals surface area contributed by atoms with Crippen molar-refractivity contribution in [3.05, 3.63) is 114 Å². The lowest BCUT2D eigenvalue weighted by atomic mass is 10.0. The summed E-state index contributed by atoms with van der Waals surface area (Å²) >= 11 is 0. The second kappa shape index (κ2) is 12.9. The van der Waals surface area contributed by atoms with Crippen molar-refractivity contribution in [3.8, 4) is 11.5 Å². The maximum atomic E-state index is 13.1. The molecule has 0 unspecified atom stereocenters. The number of allylic oxidation sites excluding steroid dienone is 2. The number of carboxylic acid groups (broad SMARTS) is 1. The van der Waals surface area contributed by atoms with E-state index in [9.17, 15) is 19.5 Å². The maximum Gasteiger partial charge on any atom is 0.326 e. The van der Waals surface area contributed by atoms with Gasteiger partial charge >= 0.3 is 5.97 Å². The van der Waals surface area contributed by atoms with Crippen molar-refractivity contribution in [2.75, 3.05) is 6.79 Å². The highest BCUT2D eigenvalue weighted by Crippen LogP contribution is 2.32. The first-order valence-electron chi connectivity index (χ1n) is 12.1. The summed E-state index contributed by atoms with van der Waals surface area (Å²) in [4.78, 5) is 37.7. The van der Waals surface area contributed by atoms with Crippen LogP contribution < -0.4 is 20.1 Å². The summed E-state index contributed by atoms with van der Waals surface area (Å²) in [6, 6.07) is 21.7. The lowest BCUT2D eigenvalue weighted by molar-refractivity contribution is -0.142. The number of nitrogens with one attached hydrogen (secondary N) is 2. The van der Waals surface area contributed by atoms with Crippen LogP contribution in [0.2, 0.25) is 0 Å². The molecule has 1 aliphatic heterocycles. The molecule has 0 saturated heterocycles. The zero-order valence-corrected chi connectivity index (χ0v) is 20.6. The number of rotatable bonds is 11. The fraction of sp³-hybridized carbons (Fsp3) is 0.167. The molecule has 8 nitrogen and oxygen atoms in total. The molecule has 3 aromatic rings. The molecule has 1 aliphatic rings. The zero-order valence-electron chi connectivity index (χ0n) is 20.6. The van der Waals surface area contributed by atoms with E-state index in [1.54, 1.807) is 30.4 Å². The number of aliphatic carboxylic acids is 1. The number of hydrogen-bond donors (Lipinski definition) is 3. The van der Waals surface area contributed by atoms with Crippen LogP contribution in [0.15, 0.2) is 97.1 Å². The Morgan fingerprint density at radius 1 is 0.789 bits per heavy atom. The first kappa shape index (κ1) is 26.2. The number of ether oxygens (including phenoxy) is 2. The van der Waals surface area contributed by atoms with Crippen LogP contribution in [0, 0.1) is 0 Å². The van der Waals surface area contributed by atoms with Crippen molar-refractivity contribution in [3.63, 3.8) is 0 Å². The number of carboxylic acids is 1. The van der Waals surface area contributed by atoms with Gasteiger partial charge in [-0.25, -0.2) is 4.79 Å².